The molecule has 5 heteroatoms. The zero-order chi connectivity index (χ0) is 11.3. The van der Waals surface area contributed by atoms with Crippen LogP contribution in [0.5, 0.6) is 0 Å². The number of methoxy groups -OCH3 is 1. The summed E-state index contributed by atoms with van der Waals surface area (Å²) in [5.41, 5.74) is 0. The third kappa shape index (κ3) is 3.51. The quantitative estimate of drug-likeness (QED) is 0.498. The standard InChI is InChI=1S/C10H17NO4/c1-11(8-3-5-15-6-4-8)9(12)7-10(13)14-2/h8H,3-7H2,1-2H3. The molecule has 1 heterocycles. The van der Waals surface area contributed by atoms with Gasteiger partial charge in [-0.05, 0) is 12.8 Å². The van der Waals surface area contributed by atoms with Crippen LogP contribution >= 0.6 is 0 Å². The van der Waals surface area contributed by atoms with E-state index in [1.54, 1.807) is 11.9 Å². The van der Waals surface area contributed by atoms with Crippen molar-refractivity contribution in [2.45, 2.75) is 25.3 Å². The Morgan fingerprint density at radius 2 is 2.00 bits per heavy atom. The van der Waals surface area contributed by atoms with Crippen molar-refractivity contribution in [2.24, 2.45) is 0 Å². The second-order valence-electron chi connectivity index (χ2n) is 3.60. The van der Waals surface area contributed by atoms with Crippen LogP contribution in [0.2, 0.25) is 0 Å². The van der Waals surface area contributed by atoms with Crippen molar-refractivity contribution in [2.75, 3.05) is 27.4 Å². The molecule has 0 N–H and O–H groups in total. The summed E-state index contributed by atoms with van der Waals surface area (Å²) in [5, 5.41) is 0. The zero-order valence-corrected chi connectivity index (χ0v) is 9.19. The van der Waals surface area contributed by atoms with E-state index in [1.165, 1.54) is 7.11 Å². The number of hydrogen-bond donors (Lipinski definition) is 0. The van der Waals surface area contributed by atoms with Crippen molar-refractivity contribution in [3.8, 4) is 0 Å². The van der Waals surface area contributed by atoms with E-state index >= 15 is 0 Å². The number of nitrogens with zero attached hydrogens (tertiary/aromatic N) is 1. The Kier molecular flexibility index (Phi) is 4.55. The highest BCUT2D eigenvalue weighted by Gasteiger charge is 2.23. The van der Waals surface area contributed by atoms with Crippen LogP contribution in [0.15, 0.2) is 0 Å². The average Bonchev–Trinajstić information content (AvgIpc) is 2.29. The maximum absolute atomic E-state index is 11.6. The molecule has 0 aromatic carbocycles. The van der Waals surface area contributed by atoms with Crippen molar-refractivity contribution < 1.29 is 19.1 Å². The van der Waals surface area contributed by atoms with Crippen molar-refractivity contribution in [3.05, 3.63) is 0 Å². The van der Waals surface area contributed by atoms with Gasteiger partial charge in [0.1, 0.15) is 6.42 Å². The van der Waals surface area contributed by atoms with E-state index in [1.807, 2.05) is 0 Å². The lowest BCUT2D eigenvalue weighted by Crippen LogP contribution is -2.41. The molecule has 1 aliphatic heterocycles. The highest BCUT2D eigenvalue weighted by Crippen LogP contribution is 2.13. The molecule has 0 aromatic heterocycles. The van der Waals surface area contributed by atoms with Crippen LogP contribution in [0.1, 0.15) is 19.3 Å². The molecular formula is C10H17NO4. The molecule has 0 unspecified atom stereocenters. The van der Waals surface area contributed by atoms with E-state index in [9.17, 15) is 9.59 Å². The van der Waals surface area contributed by atoms with Crippen LogP contribution < -0.4 is 0 Å². The lowest BCUT2D eigenvalue weighted by Gasteiger charge is -2.31. The molecular weight excluding hydrogens is 198 g/mol. The Bertz CT molecular complexity index is 236. The van der Waals surface area contributed by atoms with Gasteiger partial charge in [-0.25, -0.2) is 0 Å². The minimum Gasteiger partial charge on any atom is -0.469 e. The lowest BCUT2D eigenvalue weighted by atomic mass is 10.1. The summed E-state index contributed by atoms with van der Waals surface area (Å²) in [6.07, 6.45) is 1.50. The van der Waals surface area contributed by atoms with Gasteiger partial charge in [-0.1, -0.05) is 0 Å². The predicted molar refractivity (Wildman–Crippen MR) is 53.2 cm³/mol. The fourth-order valence-corrected chi connectivity index (χ4v) is 1.60. The Labute approximate surface area is 89.3 Å². The van der Waals surface area contributed by atoms with E-state index in [0.29, 0.717) is 13.2 Å². The number of hydrogen-bond acceptors (Lipinski definition) is 4. The van der Waals surface area contributed by atoms with Crippen LogP contribution in [0.3, 0.4) is 0 Å². The number of carbonyl (C=O) groups is 2. The van der Waals surface area contributed by atoms with E-state index < -0.39 is 5.97 Å². The summed E-state index contributed by atoms with van der Waals surface area (Å²) in [4.78, 5) is 24.1. The van der Waals surface area contributed by atoms with Gasteiger partial charge >= 0.3 is 5.97 Å². The summed E-state index contributed by atoms with van der Waals surface area (Å²) in [6.45, 7) is 1.36. The highest BCUT2D eigenvalue weighted by atomic mass is 16.5. The van der Waals surface area contributed by atoms with Crippen molar-refractivity contribution in [1.82, 2.24) is 4.90 Å². The van der Waals surface area contributed by atoms with Crippen molar-refractivity contribution in [3.63, 3.8) is 0 Å². The van der Waals surface area contributed by atoms with Crippen LogP contribution in [0, 0.1) is 0 Å². The summed E-state index contributed by atoms with van der Waals surface area (Å²) < 4.78 is 9.65. The van der Waals surface area contributed by atoms with E-state index in [-0.39, 0.29) is 18.4 Å². The lowest BCUT2D eigenvalue weighted by molar-refractivity contribution is -0.147. The first-order valence-corrected chi connectivity index (χ1v) is 5.05. The average molecular weight is 215 g/mol. The molecule has 1 fully saturated rings. The minimum atomic E-state index is -0.487. The SMILES string of the molecule is COC(=O)CC(=O)N(C)C1CCOCC1. The number of ether oxygens (including phenoxy) is 2. The number of amides is 1. The first-order valence-electron chi connectivity index (χ1n) is 5.05. The summed E-state index contributed by atoms with van der Waals surface area (Å²) in [5.74, 6) is -0.673. The zero-order valence-electron chi connectivity index (χ0n) is 9.19. The molecule has 0 aliphatic carbocycles. The molecule has 0 saturated carbocycles. The largest absolute Gasteiger partial charge is 0.469 e. The monoisotopic (exact) mass is 215 g/mol. The van der Waals surface area contributed by atoms with Gasteiger partial charge in [-0.15, -0.1) is 0 Å². The van der Waals surface area contributed by atoms with Gasteiger partial charge in [-0.3, -0.25) is 9.59 Å². The van der Waals surface area contributed by atoms with Crippen LogP contribution in [0.25, 0.3) is 0 Å². The summed E-state index contributed by atoms with van der Waals surface area (Å²) >= 11 is 0. The molecule has 0 bridgehead atoms. The molecule has 1 rings (SSSR count). The first kappa shape index (κ1) is 12.0. The molecule has 0 spiro atoms. The maximum atomic E-state index is 11.6. The number of rotatable bonds is 3. The molecule has 0 radical (unpaired) electrons. The Balaban J connectivity index is 2.40. The maximum Gasteiger partial charge on any atom is 0.315 e. The third-order valence-corrected chi connectivity index (χ3v) is 2.66. The molecule has 0 atom stereocenters. The number of esters is 1. The second-order valence-corrected chi connectivity index (χ2v) is 3.60. The second kappa shape index (κ2) is 5.70. The van der Waals surface area contributed by atoms with Gasteiger partial charge < -0.3 is 14.4 Å². The topological polar surface area (TPSA) is 55.8 Å². The Hall–Kier alpha value is -1.10. The normalized spacial score (nSPS) is 17.2. The van der Waals surface area contributed by atoms with E-state index in [0.717, 1.165) is 12.8 Å². The molecule has 5 nitrogen and oxygen atoms in total. The fraction of sp³-hybridized carbons (Fsp3) is 0.800. The highest BCUT2D eigenvalue weighted by molar-refractivity contribution is 5.94. The summed E-state index contributed by atoms with van der Waals surface area (Å²) in [6, 6.07) is 0.191. The first-order chi connectivity index (χ1) is 7.15. The summed E-state index contributed by atoms with van der Waals surface area (Å²) in [7, 11) is 3.01. The van der Waals surface area contributed by atoms with Gasteiger partial charge in [0.25, 0.3) is 0 Å². The predicted octanol–water partition coefficient (Wildman–Crippen LogP) is 0.187. The number of carbonyl (C=O) groups excluding carboxylic acids is 2. The van der Waals surface area contributed by atoms with Gasteiger partial charge in [0.15, 0.2) is 0 Å². The molecule has 1 aliphatic rings. The fourth-order valence-electron chi connectivity index (χ4n) is 1.60. The van der Waals surface area contributed by atoms with E-state index in [2.05, 4.69) is 4.74 Å². The van der Waals surface area contributed by atoms with Gasteiger partial charge in [0, 0.05) is 26.3 Å². The van der Waals surface area contributed by atoms with Crippen LogP contribution in [-0.4, -0.2) is 50.2 Å². The van der Waals surface area contributed by atoms with Gasteiger partial charge in [0.2, 0.25) is 5.91 Å². The molecule has 1 saturated heterocycles. The van der Waals surface area contributed by atoms with Gasteiger partial charge in [0.05, 0.1) is 7.11 Å². The van der Waals surface area contributed by atoms with Gasteiger partial charge in [-0.2, -0.15) is 0 Å². The molecule has 15 heavy (non-hydrogen) atoms. The third-order valence-electron chi connectivity index (χ3n) is 2.66. The van der Waals surface area contributed by atoms with Crippen LogP contribution in [-0.2, 0) is 19.1 Å². The van der Waals surface area contributed by atoms with Crippen molar-refractivity contribution >= 4 is 11.9 Å². The van der Waals surface area contributed by atoms with E-state index in [4.69, 9.17) is 4.74 Å². The Morgan fingerprint density at radius 1 is 1.40 bits per heavy atom. The van der Waals surface area contributed by atoms with Crippen molar-refractivity contribution in [1.29, 1.82) is 0 Å². The Morgan fingerprint density at radius 3 is 2.53 bits per heavy atom. The molecule has 86 valence electrons. The smallest absolute Gasteiger partial charge is 0.315 e. The minimum absolute atomic E-state index is 0.176. The van der Waals surface area contributed by atoms with Crippen LogP contribution in [0.4, 0.5) is 0 Å². The molecule has 1 amide bonds. The molecule has 0 aromatic rings.